The van der Waals surface area contributed by atoms with Crippen molar-refractivity contribution in [1.29, 1.82) is 0 Å². The van der Waals surface area contributed by atoms with E-state index in [0.29, 0.717) is 26.2 Å². The Balaban J connectivity index is 1.70. The summed E-state index contributed by atoms with van der Waals surface area (Å²) >= 11 is 0. The van der Waals surface area contributed by atoms with Crippen LogP contribution in [0.4, 0.5) is 0 Å². The van der Waals surface area contributed by atoms with Crippen LogP contribution in [0, 0.1) is 17.3 Å². The molecule has 0 unspecified atom stereocenters. The van der Waals surface area contributed by atoms with Gasteiger partial charge in [0.15, 0.2) is 5.41 Å². The molecule has 0 aromatic heterocycles. The summed E-state index contributed by atoms with van der Waals surface area (Å²) in [4.78, 5) is 30.6. The molecule has 3 aliphatic rings. The molecular formula is C21H28N2O4. The molecule has 1 amide bonds. The van der Waals surface area contributed by atoms with Crippen molar-refractivity contribution in [3.8, 4) is 0 Å². The molecule has 0 aliphatic carbocycles. The number of hydrogen-bond donors (Lipinski definition) is 0. The van der Waals surface area contributed by atoms with Crippen molar-refractivity contribution in [1.82, 2.24) is 9.80 Å². The number of amides is 1. The number of nitrogens with zero attached hydrogens (tertiary/aromatic N) is 2. The predicted molar refractivity (Wildman–Crippen MR) is 99.5 cm³/mol. The van der Waals surface area contributed by atoms with Crippen LogP contribution >= 0.6 is 0 Å². The topological polar surface area (TPSA) is 59.1 Å². The average Bonchev–Trinajstić information content (AvgIpc) is 3.25. The minimum absolute atomic E-state index is 0.00259. The van der Waals surface area contributed by atoms with Gasteiger partial charge in [0.1, 0.15) is 5.72 Å². The minimum atomic E-state index is -1.17. The Kier molecular flexibility index (Phi) is 4.31. The summed E-state index contributed by atoms with van der Waals surface area (Å²) in [6.45, 7) is 8.38. The van der Waals surface area contributed by atoms with Gasteiger partial charge in [0.2, 0.25) is 5.91 Å². The van der Waals surface area contributed by atoms with Gasteiger partial charge in [-0.05, 0) is 18.4 Å². The molecule has 0 N–H and O–H groups in total. The zero-order valence-electron chi connectivity index (χ0n) is 16.5. The lowest BCUT2D eigenvalue weighted by molar-refractivity contribution is -0.160. The number of benzene rings is 1. The number of rotatable bonds is 4. The summed E-state index contributed by atoms with van der Waals surface area (Å²) in [5.74, 6) is -0.537. The molecule has 1 aromatic rings. The third kappa shape index (κ3) is 2.46. The van der Waals surface area contributed by atoms with Crippen LogP contribution in [-0.4, -0.2) is 60.2 Å². The van der Waals surface area contributed by atoms with Gasteiger partial charge in [0.25, 0.3) is 0 Å². The van der Waals surface area contributed by atoms with E-state index in [2.05, 4.69) is 30.9 Å². The van der Waals surface area contributed by atoms with E-state index in [1.807, 2.05) is 30.0 Å². The van der Waals surface area contributed by atoms with E-state index in [1.54, 1.807) is 0 Å². The standard InChI is InChI=1S/C21H28N2O4/c1-14(2)16-12-27-20(3)17-11-22(10-15-8-6-5-7-9-15)13-21(17,19(25)26-4)18(24)23(16)20/h5-9,14,16-17H,10-13H2,1-4H3/t16-,17+,20-,21-/m1/s1. The Morgan fingerprint density at radius 2 is 2.04 bits per heavy atom. The number of ether oxygens (including phenoxy) is 2. The molecule has 0 bridgehead atoms. The second-order valence-corrected chi connectivity index (χ2v) is 8.52. The van der Waals surface area contributed by atoms with Crippen molar-refractivity contribution in [2.75, 3.05) is 26.8 Å². The lowest BCUT2D eigenvalue weighted by atomic mass is 9.76. The number of carbonyl (C=O) groups excluding carboxylic acids is 2. The molecular weight excluding hydrogens is 344 g/mol. The first-order chi connectivity index (χ1) is 12.8. The number of fused-ring (bicyclic) bond motifs is 3. The molecule has 4 atom stereocenters. The van der Waals surface area contributed by atoms with Crippen molar-refractivity contribution in [3.05, 3.63) is 35.9 Å². The molecule has 0 radical (unpaired) electrons. The van der Waals surface area contributed by atoms with E-state index in [9.17, 15) is 9.59 Å². The van der Waals surface area contributed by atoms with Crippen LogP contribution in [0.25, 0.3) is 0 Å². The van der Waals surface area contributed by atoms with Gasteiger partial charge in [-0.3, -0.25) is 14.5 Å². The molecule has 3 aliphatic heterocycles. The molecule has 0 saturated carbocycles. The second-order valence-electron chi connectivity index (χ2n) is 8.52. The SMILES string of the molecule is COC(=O)[C@]12CN(Cc3ccccc3)C[C@H]1[C@@]1(C)OC[C@H](C(C)C)N1C2=O. The maximum absolute atomic E-state index is 13.6. The number of carbonyl (C=O) groups is 2. The van der Waals surface area contributed by atoms with E-state index in [4.69, 9.17) is 9.47 Å². The molecule has 3 saturated heterocycles. The lowest BCUT2D eigenvalue weighted by Crippen LogP contribution is -2.50. The number of likely N-dealkylation sites (tertiary alicyclic amines) is 1. The molecule has 3 fully saturated rings. The third-order valence-corrected chi connectivity index (χ3v) is 6.68. The van der Waals surface area contributed by atoms with E-state index < -0.39 is 17.1 Å². The van der Waals surface area contributed by atoms with Gasteiger partial charge in [-0.1, -0.05) is 44.2 Å². The van der Waals surface area contributed by atoms with Crippen LogP contribution < -0.4 is 0 Å². The summed E-state index contributed by atoms with van der Waals surface area (Å²) in [6, 6.07) is 10.1. The van der Waals surface area contributed by atoms with Gasteiger partial charge in [0, 0.05) is 25.6 Å². The van der Waals surface area contributed by atoms with Crippen LogP contribution in [0.1, 0.15) is 26.3 Å². The maximum Gasteiger partial charge on any atom is 0.323 e. The summed E-state index contributed by atoms with van der Waals surface area (Å²) in [5.41, 5.74) is -0.767. The highest BCUT2D eigenvalue weighted by Crippen LogP contribution is 2.57. The Bertz CT molecular complexity index is 752. The van der Waals surface area contributed by atoms with Crippen LogP contribution in [0.3, 0.4) is 0 Å². The van der Waals surface area contributed by atoms with E-state index in [0.717, 1.165) is 0 Å². The monoisotopic (exact) mass is 372 g/mol. The summed E-state index contributed by atoms with van der Waals surface area (Å²) in [5, 5.41) is 0. The molecule has 27 heavy (non-hydrogen) atoms. The molecule has 6 nitrogen and oxygen atoms in total. The first kappa shape index (κ1) is 18.4. The molecule has 1 aromatic carbocycles. The van der Waals surface area contributed by atoms with E-state index in [-0.39, 0.29) is 23.8 Å². The largest absolute Gasteiger partial charge is 0.468 e. The Labute approximate surface area is 160 Å². The van der Waals surface area contributed by atoms with Gasteiger partial charge in [-0.25, -0.2) is 0 Å². The first-order valence-corrected chi connectivity index (χ1v) is 9.67. The Morgan fingerprint density at radius 3 is 2.67 bits per heavy atom. The predicted octanol–water partition coefficient (Wildman–Crippen LogP) is 1.89. The zero-order valence-corrected chi connectivity index (χ0v) is 16.5. The summed E-state index contributed by atoms with van der Waals surface area (Å²) in [6.07, 6.45) is 0. The third-order valence-electron chi connectivity index (χ3n) is 6.68. The van der Waals surface area contributed by atoms with Crippen molar-refractivity contribution >= 4 is 11.9 Å². The van der Waals surface area contributed by atoms with Gasteiger partial charge in [0.05, 0.1) is 19.8 Å². The minimum Gasteiger partial charge on any atom is -0.468 e. The Morgan fingerprint density at radius 1 is 1.33 bits per heavy atom. The molecule has 146 valence electrons. The first-order valence-electron chi connectivity index (χ1n) is 9.67. The van der Waals surface area contributed by atoms with Crippen molar-refractivity contribution in [2.45, 2.75) is 39.1 Å². The fraction of sp³-hybridized carbons (Fsp3) is 0.619. The summed E-state index contributed by atoms with van der Waals surface area (Å²) in [7, 11) is 1.37. The van der Waals surface area contributed by atoms with Gasteiger partial charge < -0.3 is 14.4 Å². The zero-order chi connectivity index (χ0) is 19.4. The highest BCUT2D eigenvalue weighted by atomic mass is 16.5. The summed E-state index contributed by atoms with van der Waals surface area (Å²) < 4.78 is 11.4. The van der Waals surface area contributed by atoms with E-state index in [1.165, 1.54) is 12.7 Å². The van der Waals surface area contributed by atoms with Gasteiger partial charge in [-0.15, -0.1) is 0 Å². The Hall–Kier alpha value is -1.92. The molecule has 0 spiro atoms. The number of hydrogen-bond acceptors (Lipinski definition) is 5. The normalized spacial score (nSPS) is 35.6. The van der Waals surface area contributed by atoms with Gasteiger partial charge >= 0.3 is 5.97 Å². The second kappa shape index (κ2) is 6.31. The molecule has 4 rings (SSSR count). The van der Waals surface area contributed by atoms with Crippen LogP contribution in [-0.2, 0) is 25.6 Å². The average molecular weight is 372 g/mol. The fourth-order valence-corrected chi connectivity index (χ4v) is 5.28. The van der Waals surface area contributed by atoms with Crippen molar-refractivity contribution < 1.29 is 19.1 Å². The highest BCUT2D eigenvalue weighted by molar-refractivity contribution is 6.06. The molecule has 3 heterocycles. The number of esters is 1. The lowest BCUT2D eigenvalue weighted by Gasteiger charge is -2.35. The van der Waals surface area contributed by atoms with Crippen LogP contribution in [0.15, 0.2) is 30.3 Å². The highest BCUT2D eigenvalue weighted by Gasteiger charge is 2.75. The smallest absolute Gasteiger partial charge is 0.323 e. The maximum atomic E-state index is 13.6. The van der Waals surface area contributed by atoms with Crippen LogP contribution in [0.5, 0.6) is 0 Å². The fourth-order valence-electron chi connectivity index (χ4n) is 5.28. The van der Waals surface area contributed by atoms with Crippen LogP contribution in [0.2, 0.25) is 0 Å². The van der Waals surface area contributed by atoms with E-state index >= 15 is 0 Å². The molecule has 6 heteroatoms. The van der Waals surface area contributed by atoms with Crippen molar-refractivity contribution in [2.24, 2.45) is 17.3 Å². The quantitative estimate of drug-likeness (QED) is 0.597. The van der Waals surface area contributed by atoms with Gasteiger partial charge in [-0.2, -0.15) is 0 Å². The number of methoxy groups -OCH3 is 1. The van der Waals surface area contributed by atoms with Crippen molar-refractivity contribution in [3.63, 3.8) is 0 Å².